The molecule has 0 spiro atoms. The molecule has 19 heavy (non-hydrogen) atoms. The van der Waals surface area contributed by atoms with Crippen molar-refractivity contribution >= 4 is 28.3 Å². The minimum Gasteiger partial charge on any atom is -0.481 e. The smallest absolute Gasteiger partial charge is 0.304 e. The molecular formula is C12H19N3O3S. The summed E-state index contributed by atoms with van der Waals surface area (Å²) in [5, 5.41) is 13.8. The molecule has 1 aromatic heterocycles. The van der Waals surface area contributed by atoms with Crippen molar-refractivity contribution in [3.8, 4) is 0 Å². The number of carboxylic acids is 1. The summed E-state index contributed by atoms with van der Waals surface area (Å²) in [5.74, 6) is -1.02. The fourth-order valence-corrected chi connectivity index (χ4v) is 2.13. The number of rotatable bonds is 8. The normalized spacial score (nSPS) is 12.4. The molecule has 0 aliphatic carbocycles. The van der Waals surface area contributed by atoms with Crippen LogP contribution in [0.2, 0.25) is 0 Å². The largest absolute Gasteiger partial charge is 0.481 e. The maximum absolute atomic E-state index is 11.9. The van der Waals surface area contributed by atoms with Gasteiger partial charge in [-0.2, -0.15) is 0 Å². The van der Waals surface area contributed by atoms with E-state index in [1.54, 1.807) is 11.6 Å². The van der Waals surface area contributed by atoms with Gasteiger partial charge in [0.2, 0.25) is 5.91 Å². The number of anilines is 1. The fraction of sp³-hybridized carbons (Fsp3) is 0.583. The van der Waals surface area contributed by atoms with Crippen LogP contribution in [-0.2, 0) is 9.59 Å². The Morgan fingerprint density at radius 2 is 2.32 bits per heavy atom. The fourth-order valence-electron chi connectivity index (χ4n) is 1.58. The number of aromatic nitrogens is 1. The van der Waals surface area contributed by atoms with Gasteiger partial charge in [-0.05, 0) is 13.3 Å². The number of thiazole rings is 1. The number of amides is 1. The summed E-state index contributed by atoms with van der Waals surface area (Å²) in [5.41, 5.74) is 0. The van der Waals surface area contributed by atoms with Crippen LogP contribution in [0.3, 0.4) is 0 Å². The third-order valence-electron chi connectivity index (χ3n) is 2.85. The summed E-state index contributed by atoms with van der Waals surface area (Å²) >= 11 is 1.36. The Morgan fingerprint density at radius 1 is 1.58 bits per heavy atom. The number of aliphatic carboxylic acids is 1. The van der Waals surface area contributed by atoms with Gasteiger partial charge in [0.15, 0.2) is 5.13 Å². The van der Waals surface area contributed by atoms with E-state index in [2.05, 4.69) is 10.3 Å². The zero-order valence-electron chi connectivity index (χ0n) is 11.1. The topological polar surface area (TPSA) is 82.5 Å². The van der Waals surface area contributed by atoms with Crippen molar-refractivity contribution in [3.05, 3.63) is 11.6 Å². The summed E-state index contributed by atoms with van der Waals surface area (Å²) in [4.78, 5) is 28.3. The summed E-state index contributed by atoms with van der Waals surface area (Å²) in [6, 6.07) is 0.168. The molecule has 106 valence electrons. The lowest BCUT2D eigenvalue weighted by molar-refractivity contribution is -0.137. The van der Waals surface area contributed by atoms with Gasteiger partial charge in [-0.1, -0.05) is 6.92 Å². The molecule has 1 aromatic rings. The Bertz CT molecular complexity index is 408. The van der Waals surface area contributed by atoms with E-state index in [1.165, 1.54) is 11.3 Å². The average molecular weight is 285 g/mol. The van der Waals surface area contributed by atoms with Crippen LogP contribution in [0.4, 0.5) is 5.13 Å². The lowest BCUT2D eigenvalue weighted by Crippen LogP contribution is -2.40. The molecular weight excluding hydrogens is 266 g/mol. The first kappa shape index (κ1) is 15.6. The zero-order valence-corrected chi connectivity index (χ0v) is 11.9. The molecule has 2 N–H and O–H groups in total. The predicted octanol–water partition coefficient (Wildman–Crippen LogP) is 1.66. The number of nitrogens with one attached hydrogen (secondary N) is 1. The number of carbonyl (C=O) groups is 2. The molecule has 7 heteroatoms. The first-order valence-corrected chi connectivity index (χ1v) is 7.06. The number of hydrogen-bond acceptors (Lipinski definition) is 5. The summed E-state index contributed by atoms with van der Waals surface area (Å²) in [6.45, 7) is 4.55. The second-order valence-electron chi connectivity index (χ2n) is 4.26. The molecule has 0 fully saturated rings. The van der Waals surface area contributed by atoms with Gasteiger partial charge in [0.25, 0.3) is 0 Å². The van der Waals surface area contributed by atoms with E-state index < -0.39 is 5.97 Å². The van der Waals surface area contributed by atoms with Gasteiger partial charge in [0.1, 0.15) is 0 Å². The number of nitrogens with zero attached hydrogens (tertiary/aromatic N) is 2. The van der Waals surface area contributed by atoms with Gasteiger partial charge in [-0.25, -0.2) is 4.98 Å². The predicted molar refractivity (Wildman–Crippen MR) is 74.3 cm³/mol. The van der Waals surface area contributed by atoms with Crippen molar-refractivity contribution < 1.29 is 14.7 Å². The van der Waals surface area contributed by atoms with Gasteiger partial charge in [0, 0.05) is 24.2 Å². The number of hydrogen-bond donors (Lipinski definition) is 2. The molecule has 0 aliphatic heterocycles. The van der Waals surface area contributed by atoms with Crippen LogP contribution in [0.25, 0.3) is 0 Å². The van der Waals surface area contributed by atoms with Crippen LogP contribution in [0, 0.1) is 0 Å². The summed E-state index contributed by atoms with van der Waals surface area (Å²) in [7, 11) is 0. The molecule has 0 saturated heterocycles. The number of carbonyl (C=O) groups excluding carboxylic acids is 1. The average Bonchev–Trinajstić information content (AvgIpc) is 2.85. The summed E-state index contributed by atoms with van der Waals surface area (Å²) in [6.07, 6.45) is 2.52. The lowest BCUT2D eigenvalue weighted by atomic mass is 10.2. The highest BCUT2D eigenvalue weighted by Gasteiger charge is 2.17. The van der Waals surface area contributed by atoms with Crippen molar-refractivity contribution in [2.24, 2.45) is 0 Å². The van der Waals surface area contributed by atoms with E-state index in [0.29, 0.717) is 11.7 Å². The monoisotopic (exact) mass is 285 g/mol. The standard InChI is InChI=1S/C12H19N3O3S/c1-3-9(2)15(6-4-11(17)18)8-10(16)14-12-13-5-7-19-12/h5,7,9H,3-4,6,8H2,1-2H3,(H,17,18)(H,13,14,16). The lowest BCUT2D eigenvalue weighted by Gasteiger charge is -2.26. The van der Waals surface area contributed by atoms with E-state index in [4.69, 9.17) is 5.11 Å². The molecule has 0 aliphatic rings. The molecule has 1 unspecified atom stereocenters. The van der Waals surface area contributed by atoms with Crippen molar-refractivity contribution in [3.63, 3.8) is 0 Å². The zero-order chi connectivity index (χ0) is 14.3. The van der Waals surface area contributed by atoms with Gasteiger partial charge in [0.05, 0.1) is 13.0 Å². The Balaban J connectivity index is 2.50. The highest BCUT2D eigenvalue weighted by molar-refractivity contribution is 7.13. The van der Waals surface area contributed by atoms with Gasteiger partial charge >= 0.3 is 5.97 Å². The first-order valence-electron chi connectivity index (χ1n) is 6.18. The van der Waals surface area contributed by atoms with Crippen LogP contribution < -0.4 is 5.32 Å². The molecule has 0 radical (unpaired) electrons. The maximum Gasteiger partial charge on any atom is 0.304 e. The van der Waals surface area contributed by atoms with Crippen molar-refractivity contribution in [2.75, 3.05) is 18.4 Å². The second-order valence-corrected chi connectivity index (χ2v) is 5.15. The quantitative estimate of drug-likeness (QED) is 0.759. The van der Waals surface area contributed by atoms with E-state index in [9.17, 15) is 9.59 Å². The van der Waals surface area contributed by atoms with Crippen LogP contribution in [0.5, 0.6) is 0 Å². The molecule has 1 rings (SSSR count). The van der Waals surface area contributed by atoms with E-state index >= 15 is 0 Å². The highest BCUT2D eigenvalue weighted by atomic mass is 32.1. The van der Waals surface area contributed by atoms with Crippen LogP contribution in [-0.4, -0.2) is 46.0 Å². The van der Waals surface area contributed by atoms with Gasteiger partial charge in [-0.3, -0.25) is 14.5 Å². The van der Waals surface area contributed by atoms with E-state index in [0.717, 1.165) is 6.42 Å². The molecule has 6 nitrogen and oxygen atoms in total. The molecule has 0 bridgehead atoms. The van der Waals surface area contributed by atoms with E-state index in [-0.39, 0.29) is 24.9 Å². The van der Waals surface area contributed by atoms with Crippen molar-refractivity contribution in [2.45, 2.75) is 32.7 Å². The minimum absolute atomic E-state index is 0.0366. The van der Waals surface area contributed by atoms with Crippen molar-refractivity contribution in [1.82, 2.24) is 9.88 Å². The maximum atomic E-state index is 11.9. The third kappa shape index (κ3) is 5.80. The van der Waals surface area contributed by atoms with Gasteiger partial charge < -0.3 is 10.4 Å². The van der Waals surface area contributed by atoms with Crippen molar-refractivity contribution in [1.29, 1.82) is 0 Å². The van der Waals surface area contributed by atoms with E-state index in [1.807, 2.05) is 18.7 Å². The molecule has 0 saturated carbocycles. The van der Waals surface area contributed by atoms with Crippen LogP contribution in [0.1, 0.15) is 26.7 Å². The minimum atomic E-state index is -0.853. The molecule has 1 atom stereocenters. The first-order chi connectivity index (χ1) is 9.02. The van der Waals surface area contributed by atoms with Crippen LogP contribution >= 0.6 is 11.3 Å². The molecule has 1 heterocycles. The third-order valence-corrected chi connectivity index (χ3v) is 3.54. The Labute approximate surface area is 116 Å². The van der Waals surface area contributed by atoms with Gasteiger partial charge in [-0.15, -0.1) is 11.3 Å². The molecule has 1 amide bonds. The highest BCUT2D eigenvalue weighted by Crippen LogP contribution is 2.11. The Kier molecular flexibility index (Phi) is 6.44. The number of carboxylic acid groups (broad SMARTS) is 1. The second kappa shape index (κ2) is 7.85. The summed E-state index contributed by atoms with van der Waals surface area (Å²) < 4.78 is 0. The molecule has 0 aromatic carbocycles. The Morgan fingerprint density at radius 3 is 2.84 bits per heavy atom. The Hall–Kier alpha value is -1.47. The van der Waals surface area contributed by atoms with Crippen LogP contribution in [0.15, 0.2) is 11.6 Å². The SMILES string of the molecule is CCC(C)N(CCC(=O)O)CC(=O)Nc1nccs1.